The van der Waals surface area contributed by atoms with Crippen LogP contribution in [0.2, 0.25) is 0 Å². The molecule has 2 aromatic rings. The van der Waals surface area contributed by atoms with Crippen molar-refractivity contribution in [3.8, 4) is 0 Å². The molecule has 1 aromatic heterocycles. The third-order valence-electron chi connectivity index (χ3n) is 2.78. The van der Waals surface area contributed by atoms with Crippen LogP contribution in [0.15, 0.2) is 54.9 Å². The second-order valence-corrected chi connectivity index (χ2v) is 3.89. The van der Waals surface area contributed by atoms with Crippen molar-refractivity contribution in [2.45, 2.75) is 13.0 Å². The van der Waals surface area contributed by atoms with Crippen molar-refractivity contribution in [3.63, 3.8) is 0 Å². The molecular formula is C14H15IN2O. The van der Waals surface area contributed by atoms with E-state index in [0.717, 1.165) is 5.69 Å². The summed E-state index contributed by atoms with van der Waals surface area (Å²) in [6, 6.07) is 14.3. The zero-order chi connectivity index (χ0) is 12.1. The molecule has 0 aliphatic carbocycles. The minimum Gasteiger partial charge on any atom is -1.00 e. The third-order valence-corrected chi connectivity index (χ3v) is 2.78. The first kappa shape index (κ1) is 14.6. The number of hydrogen-bond acceptors (Lipinski definition) is 1. The first-order valence-corrected chi connectivity index (χ1v) is 5.57. The van der Waals surface area contributed by atoms with Crippen molar-refractivity contribution in [3.05, 3.63) is 60.4 Å². The quantitative estimate of drug-likeness (QED) is 0.434. The highest BCUT2D eigenvalue weighted by Crippen LogP contribution is 2.12. The van der Waals surface area contributed by atoms with E-state index in [1.165, 1.54) is 5.56 Å². The smallest absolute Gasteiger partial charge is 0.211 e. The van der Waals surface area contributed by atoms with Crippen molar-refractivity contribution in [1.82, 2.24) is 0 Å². The van der Waals surface area contributed by atoms with Crippen LogP contribution in [0.1, 0.15) is 18.5 Å². The molecule has 0 radical (unpaired) electrons. The standard InChI is InChI=1S/C14H14N2O.HI/c1-12(13-6-3-2-4-7-13)16-9-5-8-14(10-16)15-11-17;/h2-12H,1H3;1H. The first-order chi connectivity index (χ1) is 8.31. The number of halogens is 1. The van der Waals surface area contributed by atoms with Crippen LogP contribution in [-0.4, -0.2) is 6.41 Å². The lowest BCUT2D eigenvalue weighted by Gasteiger charge is -2.08. The van der Waals surface area contributed by atoms with Gasteiger partial charge >= 0.3 is 0 Å². The summed E-state index contributed by atoms with van der Waals surface area (Å²) in [5.41, 5.74) is 2.03. The van der Waals surface area contributed by atoms with Crippen LogP contribution < -0.4 is 33.9 Å². The number of amides is 1. The summed E-state index contributed by atoms with van der Waals surface area (Å²) >= 11 is 0. The topological polar surface area (TPSA) is 33.0 Å². The van der Waals surface area contributed by atoms with E-state index in [4.69, 9.17) is 0 Å². The van der Waals surface area contributed by atoms with Gasteiger partial charge in [-0.05, 0) is 6.07 Å². The van der Waals surface area contributed by atoms with Gasteiger partial charge in [-0.15, -0.1) is 0 Å². The van der Waals surface area contributed by atoms with E-state index in [0.29, 0.717) is 6.41 Å². The van der Waals surface area contributed by atoms with Gasteiger partial charge in [0.05, 0.1) is 0 Å². The van der Waals surface area contributed by atoms with Crippen LogP contribution in [-0.2, 0) is 4.79 Å². The van der Waals surface area contributed by atoms with Crippen LogP contribution in [0.5, 0.6) is 0 Å². The molecule has 2 rings (SSSR count). The lowest BCUT2D eigenvalue weighted by atomic mass is 10.1. The molecule has 0 spiro atoms. The Morgan fingerprint density at radius 2 is 1.89 bits per heavy atom. The fourth-order valence-electron chi connectivity index (χ4n) is 1.79. The van der Waals surface area contributed by atoms with Crippen molar-refractivity contribution >= 4 is 12.1 Å². The summed E-state index contributed by atoms with van der Waals surface area (Å²) in [5.74, 6) is 0. The van der Waals surface area contributed by atoms with Crippen molar-refractivity contribution < 1.29 is 33.3 Å². The number of carbonyl (C=O) groups excluding carboxylic acids is 1. The van der Waals surface area contributed by atoms with Crippen LogP contribution in [0.25, 0.3) is 0 Å². The first-order valence-electron chi connectivity index (χ1n) is 5.57. The summed E-state index contributed by atoms with van der Waals surface area (Å²) in [4.78, 5) is 10.4. The number of aromatic nitrogens is 1. The highest BCUT2D eigenvalue weighted by atomic mass is 127. The minimum atomic E-state index is 0. The van der Waals surface area contributed by atoms with E-state index >= 15 is 0 Å². The number of nitrogens with zero attached hydrogens (tertiary/aromatic N) is 1. The molecule has 94 valence electrons. The molecule has 3 nitrogen and oxygen atoms in total. The Bertz CT molecular complexity index is 502. The van der Waals surface area contributed by atoms with Gasteiger partial charge in [-0.25, -0.2) is 0 Å². The SMILES string of the molecule is CC(c1ccccc1)[n+]1cccc(NC=O)c1.[I-]. The fourth-order valence-corrected chi connectivity index (χ4v) is 1.79. The molecule has 0 aliphatic heterocycles. The van der Waals surface area contributed by atoms with Crippen LogP contribution in [0, 0.1) is 0 Å². The van der Waals surface area contributed by atoms with E-state index in [1.54, 1.807) is 0 Å². The molecule has 18 heavy (non-hydrogen) atoms. The number of rotatable bonds is 4. The number of nitrogens with one attached hydrogen (secondary N) is 1. The molecule has 1 amide bonds. The Balaban J connectivity index is 0.00000162. The maximum atomic E-state index is 10.4. The van der Waals surface area contributed by atoms with Gasteiger partial charge in [0.1, 0.15) is 5.69 Å². The maximum Gasteiger partial charge on any atom is 0.211 e. The number of benzene rings is 1. The molecule has 0 saturated heterocycles. The van der Waals surface area contributed by atoms with Crippen LogP contribution in [0.4, 0.5) is 5.69 Å². The Labute approximate surface area is 124 Å². The Hall–Kier alpha value is -1.43. The predicted molar refractivity (Wildman–Crippen MR) is 66.6 cm³/mol. The van der Waals surface area contributed by atoms with E-state index in [2.05, 4.69) is 28.9 Å². The molecule has 0 fully saturated rings. The largest absolute Gasteiger partial charge is 1.00 e. The van der Waals surface area contributed by atoms with Crippen LogP contribution >= 0.6 is 0 Å². The molecular weight excluding hydrogens is 339 g/mol. The van der Waals surface area contributed by atoms with E-state index in [-0.39, 0.29) is 30.0 Å². The second-order valence-electron chi connectivity index (χ2n) is 3.89. The lowest BCUT2D eigenvalue weighted by molar-refractivity contribution is -0.709. The summed E-state index contributed by atoms with van der Waals surface area (Å²) in [7, 11) is 0. The predicted octanol–water partition coefficient (Wildman–Crippen LogP) is -0.844. The highest BCUT2D eigenvalue weighted by molar-refractivity contribution is 5.69. The average molecular weight is 354 g/mol. The third kappa shape index (κ3) is 3.53. The van der Waals surface area contributed by atoms with Gasteiger partial charge in [-0.3, -0.25) is 4.79 Å². The number of hydrogen-bond donors (Lipinski definition) is 1. The van der Waals surface area contributed by atoms with Gasteiger partial charge < -0.3 is 29.3 Å². The van der Waals surface area contributed by atoms with Gasteiger partial charge in [-0.2, -0.15) is 4.57 Å². The van der Waals surface area contributed by atoms with Gasteiger partial charge in [0, 0.05) is 18.6 Å². The monoisotopic (exact) mass is 354 g/mol. The van der Waals surface area contributed by atoms with Gasteiger partial charge in [0.15, 0.2) is 18.4 Å². The zero-order valence-corrected chi connectivity index (χ0v) is 12.2. The number of pyridine rings is 1. The van der Waals surface area contributed by atoms with Gasteiger partial charge in [0.2, 0.25) is 6.41 Å². The summed E-state index contributed by atoms with van der Waals surface area (Å²) in [6.07, 6.45) is 4.60. The molecule has 0 bridgehead atoms. The summed E-state index contributed by atoms with van der Waals surface area (Å²) in [5, 5.41) is 2.65. The fraction of sp³-hybridized carbons (Fsp3) is 0.143. The van der Waals surface area contributed by atoms with Crippen molar-refractivity contribution in [1.29, 1.82) is 0 Å². The van der Waals surface area contributed by atoms with Crippen LogP contribution in [0.3, 0.4) is 0 Å². The minimum absolute atomic E-state index is 0. The Morgan fingerprint density at radius 1 is 1.17 bits per heavy atom. The molecule has 1 heterocycles. The van der Waals surface area contributed by atoms with E-state index < -0.39 is 0 Å². The van der Waals surface area contributed by atoms with Gasteiger partial charge in [-0.1, -0.05) is 30.3 Å². The maximum absolute atomic E-state index is 10.4. The molecule has 0 aliphatic rings. The van der Waals surface area contributed by atoms with E-state index in [1.807, 2.05) is 42.7 Å². The molecule has 1 unspecified atom stereocenters. The van der Waals surface area contributed by atoms with Crippen molar-refractivity contribution in [2.24, 2.45) is 0 Å². The summed E-state index contributed by atoms with van der Waals surface area (Å²) in [6.45, 7) is 2.13. The molecule has 0 saturated carbocycles. The Morgan fingerprint density at radius 3 is 2.56 bits per heavy atom. The number of anilines is 1. The normalized spacial score (nSPS) is 11.2. The molecule has 1 aromatic carbocycles. The van der Waals surface area contributed by atoms with Crippen molar-refractivity contribution in [2.75, 3.05) is 5.32 Å². The molecule has 4 heteroatoms. The van der Waals surface area contributed by atoms with E-state index in [9.17, 15) is 4.79 Å². The summed E-state index contributed by atoms with van der Waals surface area (Å²) < 4.78 is 2.07. The van der Waals surface area contributed by atoms with Gasteiger partial charge in [0.25, 0.3) is 0 Å². The second kappa shape index (κ2) is 7.10. The molecule has 1 N–H and O–H groups in total. The number of carbonyl (C=O) groups is 1. The highest BCUT2D eigenvalue weighted by Gasteiger charge is 2.14. The molecule has 1 atom stereocenters. The zero-order valence-electron chi connectivity index (χ0n) is 10.1. The lowest BCUT2D eigenvalue weighted by Crippen LogP contribution is -3.00. The average Bonchev–Trinajstić information content (AvgIpc) is 2.40. The Kier molecular flexibility index (Phi) is 5.77.